The largest absolute Gasteiger partial charge is 0.0984 e. The van der Waals surface area contributed by atoms with Gasteiger partial charge in [0.2, 0.25) is 0 Å². The second-order valence-electron chi connectivity index (χ2n) is 4.75. The highest BCUT2D eigenvalue weighted by Crippen LogP contribution is 2.27. The Morgan fingerprint density at radius 3 is 2.33 bits per heavy atom. The van der Waals surface area contributed by atoms with Crippen LogP contribution in [0.15, 0.2) is 79.4 Å². The van der Waals surface area contributed by atoms with Gasteiger partial charge in [0.05, 0.1) is 0 Å². The topological polar surface area (TPSA) is 0 Å². The maximum Gasteiger partial charge on any atom is -0.0149 e. The predicted molar refractivity (Wildman–Crippen MR) is 96.3 cm³/mol. The Balaban J connectivity index is 0.00000220. The maximum atomic E-state index is 3.93. The minimum Gasteiger partial charge on any atom is -0.0984 e. The van der Waals surface area contributed by atoms with Crippen LogP contribution in [-0.4, -0.2) is 0 Å². The van der Waals surface area contributed by atoms with Crippen LogP contribution < -0.4 is 0 Å². The van der Waals surface area contributed by atoms with E-state index in [0.717, 1.165) is 5.57 Å². The molecule has 0 aliphatic carbocycles. The van der Waals surface area contributed by atoms with E-state index in [4.69, 9.17) is 0 Å². The van der Waals surface area contributed by atoms with E-state index in [9.17, 15) is 0 Å². The van der Waals surface area contributed by atoms with Crippen LogP contribution in [0.2, 0.25) is 0 Å². The van der Waals surface area contributed by atoms with Gasteiger partial charge in [0.15, 0.2) is 0 Å². The molecule has 0 saturated carbocycles. The Hall–Kier alpha value is -2.34. The monoisotopic (exact) mass is 276 g/mol. The molecule has 2 aromatic carbocycles. The third kappa shape index (κ3) is 4.06. The van der Waals surface area contributed by atoms with E-state index in [2.05, 4.69) is 62.0 Å². The Kier molecular flexibility index (Phi) is 6.42. The third-order valence-corrected chi connectivity index (χ3v) is 3.34. The van der Waals surface area contributed by atoms with Crippen molar-refractivity contribution in [1.82, 2.24) is 0 Å². The molecule has 0 aromatic heterocycles. The van der Waals surface area contributed by atoms with E-state index < -0.39 is 0 Å². The summed E-state index contributed by atoms with van der Waals surface area (Å²) < 4.78 is 0. The van der Waals surface area contributed by atoms with Gasteiger partial charge in [0.25, 0.3) is 0 Å². The molecule has 0 atom stereocenters. The fraction of sp³-hybridized carbons (Fsp3) is 0.143. The summed E-state index contributed by atoms with van der Waals surface area (Å²) in [6, 6.07) is 17.0. The summed E-state index contributed by atoms with van der Waals surface area (Å²) in [6.45, 7) is 8.09. The normalized spacial score (nSPS) is 11.2. The van der Waals surface area contributed by atoms with E-state index in [0.29, 0.717) is 0 Å². The van der Waals surface area contributed by atoms with Crippen molar-refractivity contribution < 1.29 is 0 Å². The van der Waals surface area contributed by atoms with Gasteiger partial charge in [0, 0.05) is 0 Å². The van der Waals surface area contributed by atoms with Crippen LogP contribution in [0.3, 0.4) is 0 Å². The van der Waals surface area contributed by atoms with Gasteiger partial charge in [-0.1, -0.05) is 80.8 Å². The Morgan fingerprint density at radius 1 is 1.00 bits per heavy atom. The highest BCUT2D eigenvalue weighted by Gasteiger charge is 2.04. The van der Waals surface area contributed by atoms with Gasteiger partial charge >= 0.3 is 0 Å². The van der Waals surface area contributed by atoms with Crippen molar-refractivity contribution in [2.45, 2.75) is 21.3 Å². The van der Waals surface area contributed by atoms with Crippen molar-refractivity contribution >= 4 is 5.57 Å². The third-order valence-electron chi connectivity index (χ3n) is 3.34. The molecule has 0 amide bonds. The number of aryl methyl sites for hydroxylation is 1. The van der Waals surface area contributed by atoms with Crippen LogP contribution in [0.1, 0.15) is 25.5 Å². The van der Waals surface area contributed by atoms with Crippen molar-refractivity contribution in [3.63, 3.8) is 0 Å². The molecule has 0 saturated heterocycles. The van der Waals surface area contributed by atoms with Crippen molar-refractivity contribution in [1.29, 1.82) is 0 Å². The molecule has 0 fully saturated rings. The van der Waals surface area contributed by atoms with E-state index >= 15 is 0 Å². The second kappa shape index (κ2) is 8.06. The van der Waals surface area contributed by atoms with Crippen LogP contribution in [-0.2, 0) is 0 Å². The van der Waals surface area contributed by atoms with Crippen LogP contribution in [0.25, 0.3) is 16.7 Å². The smallest absolute Gasteiger partial charge is 0.0149 e. The van der Waals surface area contributed by atoms with Gasteiger partial charge in [-0.15, -0.1) is 0 Å². The molecule has 0 heterocycles. The number of hydrogen-bond donors (Lipinski definition) is 0. The lowest BCUT2D eigenvalue weighted by Gasteiger charge is -2.10. The SMILES string of the molecule is C.C=C/C(=C\C=C/C)c1cc(-c2ccccc2)ccc1C. The first-order valence-electron chi connectivity index (χ1n) is 6.88. The van der Waals surface area contributed by atoms with Crippen molar-refractivity contribution in [3.8, 4) is 11.1 Å². The Morgan fingerprint density at radius 2 is 1.71 bits per heavy atom. The van der Waals surface area contributed by atoms with Gasteiger partial charge in [-0.3, -0.25) is 0 Å². The molecule has 108 valence electrons. The zero-order chi connectivity index (χ0) is 14.4. The molecule has 0 aliphatic rings. The molecule has 0 spiro atoms. The average Bonchev–Trinajstić information content (AvgIpc) is 2.50. The zero-order valence-electron chi connectivity index (χ0n) is 12.1. The summed E-state index contributed by atoms with van der Waals surface area (Å²) in [6.07, 6.45) is 8.09. The first-order valence-corrected chi connectivity index (χ1v) is 6.88. The molecule has 2 aromatic rings. The van der Waals surface area contributed by atoms with Gasteiger partial charge in [0.1, 0.15) is 0 Å². The number of hydrogen-bond acceptors (Lipinski definition) is 0. The quantitative estimate of drug-likeness (QED) is 0.563. The first-order chi connectivity index (χ1) is 9.76. The lowest BCUT2D eigenvalue weighted by molar-refractivity contribution is 1.42. The molecule has 0 nitrogen and oxygen atoms in total. The molecule has 0 bridgehead atoms. The van der Waals surface area contributed by atoms with Crippen LogP contribution in [0, 0.1) is 6.92 Å². The molecule has 0 heteroatoms. The molecule has 2 rings (SSSR count). The summed E-state index contributed by atoms with van der Waals surface area (Å²) in [5, 5.41) is 0. The number of benzene rings is 2. The minimum atomic E-state index is 0. The highest BCUT2D eigenvalue weighted by atomic mass is 14.1. The summed E-state index contributed by atoms with van der Waals surface area (Å²) in [7, 11) is 0. The molecular formula is C21H24. The van der Waals surface area contributed by atoms with Gasteiger partial charge in [-0.25, -0.2) is 0 Å². The van der Waals surface area contributed by atoms with Crippen molar-refractivity contribution in [3.05, 3.63) is 90.5 Å². The number of allylic oxidation sites excluding steroid dienone is 5. The summed E-state index contributed by atoms with van der Waals surface area (Å²) >= 11 is 0. The summed E-state index contributed by atoms with van der Waals surface area (Å²) in [5.41, 5.74) is 6.13. The molecule has 0 radical (unpaired) electrons. The van der Waals surface area contributed by atoms with E-state index in [1.54, 1.807) is 0 Å². The van der Waals surface area contributed by atoms with Gasteiger partial charge < -0.3 is 0 Å². The lowest BCUT2D eigenvalue weighted by Crippen LogP contribution is -1.88. The fourth-order valence-corrected chi connectivity index (χ4v) is 2.21. The van der Waals surface area contributed by atoms with Crippen molar-refractivity contribution in [2.75, 3.05) is 0 Å². The highest BCUT2D eigenvalue weighted by molar-refractivity contribution is 5.80. The van der Waals surface area contributed by atoms with Gasteiger partial charge in [-0.2, -0.15) is 0 Å². The maximum absolute atomic E-state index is 3.93. The summed E-state index contributed by atoms with van der Waals surface area (Å²) in [4.78, 5) is 0. The minimum absolute atomic E-state index is 0. The molecule has 0 aliphatic heterocycles. The first kappa shape index (κ1) is 16.7. The summed E-state index contributed by atoms with van der Waals surface area (Å²) in [5.74, 6) is 0. The number of rotatable bonds is 4. The van der Waals surface area contributed by atoms with Crippen LogP contribution in [0.5, 0.6) is 0 Å². The predicted octanol–water partition coefficient (Wildman–Crippen LogP) is 6.44. The Bertz CT molecular complexity index is 643. The van der Waals surface area contributed by atoms with E-state index in [1.807, 2.05) is 31.2 Å². The Labute approximate surface area is 129 Å². The second-order valence-corrected chi connectivity index (χ2v) is 4.75. The van der Waals surface area contributed by atoms with E-state index in [1.165, 1.54) is 22.3 Å². The van der Waals surface area contributed by atoms with E-state index in [-0.39, 0.29) is 7.43 Å². The van der Waals surface area contributed by atoms with Crippen molar-refractivity contribution in [2.24, 2.45) is 0 Å². The molecule has 0 N–H and O–H groups in total. The van der Waals surface area contributed by atoms with Crippen LogP contribution in [0.4, 0.5) is 0 Å². The molecule has 21 heavy (non-hydrogen) atoms. The molecular weight excluding hydrogens is 252 g/mol. The average molecular weight is 276 g/mol. The molecule has 0 unspecified atom stereocenters. The van der Waals surface area contributed by atoms with Crippen LogP contribution >= 0.6 is 0 Å². The fourth-order valence-electron chi connectivity index (χ4n) is 2.21. The standard InChI is InChI=1S/C20H20.CH4/c1-4-6-10-17(5-2)20-15-19(14-13-16(20)3)18-11-8-7-9-12-18;/h4-15H,2H2,1,3H3;1H4/b6-4-,17-10+;. The zero-order valence-corrected chi connectivity index (χ0v) is 12.1. The van der Waals surface area contributed by atoms with Gasteiger partial charge in [-0.05, 0) is 47.7 Å². The lowest BCUT2D eigenvalue weighted by atomic mass is 9.95.